The lowest BCUT2D eigenvalue weighted by atomic mass is 9.81. The van der Waals surface area contributed by atoms with Gasteiger partial charge in [0.2, 0.25) is 0 Å². The van der Waals surface area contributed by atoms with E-state index in [1.54, 1.807) is 104 Å². The minimum absolute atomic E-state index is 0.0565. The molecule has 148 heavy (non-hydrogen) atoms. The number of rotatable bonds is 0. The van der Waals surface area contributed by atoms with Crippen molar-refractivity contribution in [3.05, 3.63) is 375 Å². The lowest BCUT2D eigenvalue weighted by Gasteiger charge is -2.45. The summed E-state index contributed by atoms with van der Waals surface area (Å²) in [6, 6.07) is 68.9. The Morgan fingerprint density at radius 3 is 1.02 bits per heavy atom. The van der Waals surface area contributed by atoms with Gasteiger partial charge >= 0.3 is 0 Å². The van der Waals surface area contributed by atoms with Crippen LogP contribution in [0.25, 0.3) is 89.0 Å². The highest BCUT2D eigenvalue weighted by molar-refractivity contribution is 6.33. The average Bonchev–Trinajstić information content (AvgIpc) is 1.42. The third-order valence-corrected chi connectivity index (χ3v) is 30.4. The van der Waals surface area contributed by atoms with Crippen molar-refractivity contribution in [3.8, 4) is 181 Å². The molecule has 0 amide bonds. The summed E-state index contributed by atoms with van der Waals surface area (Å²) in [5.74, 6) is 3.88. The van der Waals surface area contributed by atoms with Gasteiger partial charge in [0.05, 0.1) is 29.4 Å². The first kappa shape index (κ1) is 97.5. The van der Waals surface area contributed by atoms with Gasteiger partial charge in [-0.15, -0.1) is 0 Å². The number of halogens is 8. The maximum atomic E-state index is 14.5. The molecule has 1 saturated heterocycles. The number of aromatic hydroxyl groups is 8. The zero-order chi connectivity index (χ0) is 104. The molecule has 0 bridgehead atoms. The number of fused-ring (bicyclic) bond motifs is 29. The Balaban J connectivity index is 0.0000000960. The van der Waals surface area contributed by atoms with Crippen molar-refractivity contribution in [1.29, 1.82) is 0 Å². The number of aryl methyl sites for hydroxylation is 9. The van der Waals surface area contributed by atoms with E-state index in [1.807, 2.05) is 102 Å². The molecule has 17 nitrogen and oxygen atoms in total. The quantitative estimate of drug-likeness (QED) is 0.0658. The molecule has 0 aromatic heterocycles. The van der Waals surface area contributed by atoms with E-state index in [4.69, 9.17) is 77.4 Å². The molecule has 9 heterocycles. The van der Waals surface area contributed by atoms with E-state index in [2.05, 4.69) is 56.3 Å². The van der Waals surface area contributed by atoms with Crippen LogP contribution in [0, 0.1) is 91.4 Å². The monoisotopic (exact) mass is 2050 g/mol. The molecular formula is C123H100Cl3F5O17. The fourth-order valence-electron chi connectivity index (χ4n) is 21.1. The number of ether oxygens (including phenoxy) is 9. The van der Waals surface area contributed by atoms with Gasteiger partial charge < -0.3 is 83.5 Å². The molecule has 4 saturated carbocycles. The van der Waals surface area contributed by atoms with E-state index in [0.717, 1.165) is 202 Å². The summed E-state index contributed by atoms with van der Waals surface area (Å²) in [5.41, 5.74) is 28.7. The Bertz CT molecular complexity index is 8010. The van der Waals surface area contributed by atoms with Gasteiger partial charge in [-0.3, -0.25) is 0 Å². The fraction of sp³-hybridized carbons (Fsp3) is 0.220. The molecule has 29 rings (SSSR count). The van der Waals surface area contributed by atoms with Gasteiger partial charge in [-0.1, -0.05) is 118 Å². The van der Waals surface area contributed by atoms with Crippen molar-refractivity contribution in [3.63, 3.8) is 0 Å². The fourth-order valence-corrected chi connectivity index (χ4v) is 21.6. The summed E-state index contributed by atoms with van der Waals surface area (Å²) in [6.07, 6.45) is 7.54. The Morgan fingerprint density at radius 2 is 0.561 bits per heavy atom. The molecule has 5 fully saturated rings. The molecule has 8 N–H and O–H groups in total. The van der Waals surface area contributed by atoms with Crippen LogP contribution in [0.2, 0.25) is 15.1 Å². The summed E-state index contributed by atoms with van der Waals surface area (Å²) < 4.78 is 123. The summed E-state index contributed by atoms with van der Waals surface area (Å²) >= 11 is 18.4. The van der Waals surface area contributed by atoms with Crippen molar-refractivity contribution in [2.24, 2.45) is 0 Å². The highest BCUT2D eigenvalue weighted by atomic mass is 35.5. The molecule has 0 radical (unpaired) electrons. The molecule has 4 aliphatic carbocycles. The van der Waals surface area contributed by atoms with E-state index >= 15 is 0 Å². The molecule has 750 valence electrons. The van der Waals surface area contributed by atoms with Gasteiger partial charge in [0, 0.05) is 143 Å². The van der Waals surface area contributed by atoms with Crippen LogP contribution in [0.1, 0.15) is 146 Å². The second-order valence-electron chi connectivity index (χ2n) is 40.4. The zero-order valence-corrected chi connectivity index (χ0v) is 84.3. The molecule has 0 atom stereocenters. The first-order chi connectivity index (χ1) is 70.8. The van der Waals surface area contributed by atoms with Crippen LogP contribution in [-0.4, -0.2) is 54.1 Å². The Morgan fingerprint density at radius 1 is 0.223 bits per heavy atom. The van der Waals surface area contributed by atoms with Gasteiger partial charge in [0.25, 0.3) is 0 Å². The van der Waals surface area contributed by atoms with Crippen molar-refractivity contribution in [2.75, 3.05) is 13.2 Å². The lowest BCUT2D eigenvalue weighted by Crippen LogP contribution is -2.53. The lowest BCUT2D eigenvalue weighted by molar-refractivity contribution is -0.169. The van der Waals surface area contributed by atoms with E-state index in [0.29, 0.717) is 117 Å². The van der Waals surface area contributed by atoms with E-state index in [9.17, 15) is 62.8 Å². The molecule has 0 unspecified atom stereocenters. The van der Waals surface area contributed by atoms with Crippen molar-refractivity contribution >= 4 is 34.8 Å². The van der Waals surface area contributed by atoms with Gasteiger partial charge in [0.15, 0.2) is 5.60 Å². The first-order valence-electron chi connectivity index (χ1n) is 48.8. The predicted octanol–water partition coefficient (Wildman–Crippen LogP) is 30.7. The summed E-state index contributed by atoms with van der Waals surface area (Å²) in [5, 5.41) is 78.2. The van der Waals surface area contributed by atoms with Crippen molar-refractivity contribution in [1.82, 2.24) is 0 Å². The third-order valence-electron chi connectivity index (χ3n) is 29.3. The molecule has 16 aromatic carbocycles. The number of hydrogen-bond donors (Lipinski definition) is 8. The highest BCUT2D eigenvalue weighted by Crippen LogP contribution is 2.64. The van der Waals surface area contributed by atoms with E-state index < -0.39 is 17.2 Å². The smallest absolute Gasteiger partial charge is 0.181 e. The predicted molar refractivity (Wildman–Crippen MR) is 558 cm³/mol. The SMILES string of the molecule is Cc1cc(F)c2c(c1)C1(CC1)Oc1cc(O)ccc1-2.Cc1cc(F)c2c(c1)C1(COC1)Oc1cc(O)ccc1-2.Cc1cc2c(cc1Cl)-c1c(F)cc(O)cc1OC21CC1.Cc1cc2c(cc1Cl)-c1ccc(O)cc1OC21CC1.Cc1cc2c(cc1F)-c1ccc(O)cc1OC21CC1.Cc1ccc2c(c1)COc1cc(O)c(C)cc1-2.Cc1ccc2c(c1)COc1cc(O)c(Cl)cc1-2.Cc1ccc2c(c1)COc1cc(O)cc(F)c1-2. The van der Waals surface area contributed by atoms with Crippen LogP contribution in [-0.2, 0) is 52.6 Å². The van der Waals surface area contributed by atoms with E-state index in [1.165, 1.54) is 52.1 Å². The van der Waals surface area contributed by atoms with Gasteiger partial charge in [-0.05, 0) is 306 Å². The maximum absolute atomic E-state index is 14.5. The topological polar surface area (TPSA) is 245 Å². The highest BCUT2D eigenvalue weighted by Gasteiger charge is 2.56. The van der Waals surface area contributed by atoms with Gasteiger partial charge in [-0.25, -0.2) is 22.0 Å². The number of phenolic OH excluding ortho intramolecular Hbond substituents is 8. The van der Waals surface area contributed by atoms with E-state index in [-0.39, 0.29) is 80.1 Å². The minimum atomic E-state index is -0.622. The third kappa shape index (κ3) is 18.0. The average molecular weight is 2050 g/mol. The van der Waals surface area contributed by atoms with Gasteiger partial charge in [-0.2, -0.15) is 0 Å². The minimum Gasteiger partial charge on any atom is -0.508 e. The molecule has 5 spiro atoms. The first-order valence-corrected chi connectivity index (χ1v) is 49.9. The largest absolute Gasteiger partial charge is 0.508 e. The van der Waals surface area contributed by atoms with Crippen molar-refractivity contribution < 1.29 is 105 Å². The number of phenols is 8. The number of benzene rings is 16. The molecule has 9 aliphatic heterocycles. The summed E-state index contributed by atoms with van der Waals surface area (Å²) in [7, 11) is 0. The Kier molecular flexibility index (Phi) is 24.4. The van der Waals surface area contributed by atoms with Crippen LogP contribution < -0.4 is 37.9 Å². The maximum Gasteiger partial charge on any atom is 0.181 e. The molecule has 16 aromatic rings. The molecule has 25 heteroatoms. The van der Waals surface area contributed by atoms with Crippen LogP contribution >= 0.6 is 34.8 Å². The van der Waals surface area contributed by atoms with Crippen LogP contribution in [0.4, 0.5) is 22.0 Å². The Hall–Kier alpha value is -15.2. The second kappa shape index (κ2) is 37.0. The summed E-state index contributed by atoms with van der Waals surface area (Å²) in [6.45, 7) is 19.8. The van der Waals surface area contributed by atoms with Crippen LogP contribution in [0.3, 0.4) is 0 Å². The zero-order valence-electron chi connectivity index (χ0n) is 82.0. The second-order valence-corrected chi connectivity index (χ2v) is 41.6. The van der Waals surface area contributed by atoms with Crippen LogP contribution in [0.15, 0.2) is 237 Å². The van der Waals surface area contributed by atoms with Crippen molar-refractivity contribution in [2.45, 2.75) is 162 Å². The molecular weight excluding hydrogens is 1950 g/mol. The van der Waals surface area contributed by atoms with Gasteiger partial charge in [0.1, 0.15) is 163 Å². The molecule has 13 aliphatic rings. The Labute approximate surface area is 865 Å². The normalized spacial score (nSPS) is 15.9. The standard InChI is InChI=1S/C16H12ClFO2.C16H13ClO2.C16H13FO3.2C16H13FO2.C15H14O2.C14H11ClO2.C14H11FO2/c1-8-4-11-10(7-12(8)17)15-13(18)5-9(19)6-14(15)20-16(11)2-3-16;1-9-6-13-12(8-14(9)17)11-3-2-10(18)7-15(11)19-16(13)4-5-16;1-9-4-12-15(13(17)5-9)11-3-2-10(18)6-14(11)20-16(12)7-19-8-16;1-9-6-13-12(8-14(9)17)11-3-2-10(18)7-15(11)19-16(13)4-5-16;1-9-6-12-15(13(17)7-9)11-3-2-10(18)8-14(11)19-16(12)4-5-16;1-9-3-4-12-11(5-9)8-17-15-7-14(16)10(2)6-13(12)15;1-8-2-3-10-9(4-8)7-17-14-6-13(16)12(15)5-11(10)14;1-8-2-3-11-9(4-8)7-17-13-6-10(16)5-12(15)14(11)13/h4-7,19H,2-3H2,1H3;2-3,6-8,18H,4-5H2,1H3;2-6,18H,7-8H2,1H3;2*2-3,6-8,18H,4-5H2,1H3;3-7,16H,8H2,1-2H3;2*2-6,16H,7H2,1H3. The number of hydrogen-bond acceptors (Lipinski definition) is 17. The summed E-state index contributed by atoms with van der Waals surface area (Å²) in [4.78, 5) is 0. The van der Waals surface area contributed by atoms with Crippen LogP contribution in [0.5, 0.6) is 92.0 Å².